The smallest absolute Gasteiger partial charge is 0.123 e. The molecule has 1 aromatic carbocycles. The third-order valence-electron chi connectivity index (χ3n) is 4.78. The van der Waals surface area contributed by atoms with Gasteiger partial charge in [0.2, 0.25) is 0 Å². The van der Waals surface area contributed by atoms with Crippen molar-refractivity contribution in [2.75, 3.05) is 0 Å². The molecule has 17 heavy (non-hydrogen) atoms. The van der Waals surface area contributed by atoms with Gasteiger partial charge in [0, 0.05) is 6.04 Å². The molecule has 0 aliphatic heterocycles. The quantitative estimate of drug-likeness (QED) is 0.831. The lowest BCUT2D eigenvalue weighted by Gasteiger charge is -2.19. The molecule has 1 nitrogen and oxygen atoms in total. The van der Waals surface area contributed by atoms with Gasteiger partial charge in [-0.1, -0.05) is 6.42 Å². The monoisotopic (exact) mass is 233 g/mol. The molecule has 0 radical (unpaired) electrons. The van der Waals surface area contributed by atoms with Gasteiger partial charge in [0.05, 0.1) is 0 Å². The van der Waals surface area contributed by atoms with E-state index in [4.69, 9.17) is 5.73 Å². The Kier molecular flexibility index (Phi) is 2.51. The number of halogens is 1. The van der Waals surface area contributed by atoms with E-state index >= 15 is 0 Å². The first kappa shape index (κ1) is 11.2. The molecule has 0 saturated heterocycles. The molecule has 3 unspecified atom stereocenters. The van der Waals surface area contributed by atoms with Gasteiger partial charge in [-0.3, -0.25) is 0 Å². The molecule has 3 atom stereocenters. The lowest BCUT2D eigenvalue weighted by molar-refractivity contribution is 0.497. The van der Waals surface area contributed by atoms with E-state index in [1.54, 1.807) is 12.1 Å². The standard InChI is InChI=1S/C15H20FN/c1-8-6-10(16)7-9(2)13(8)15(17)14-11-4-3-5-12(11)14/h6-7,11-12,14-15H,3-5,17H2,1-2H3. The maximum absolute atomic E-state index is 13.3. The Hall–Kier alpha value is -0.890. The average molecular weight is 233 g/mol. The Balaban J connectivity index is 1.89. The highest BCUT2D eigenvalue weighted by Gasteiger charge is 2.55. The summed E-state index contributed by atoms with van der Waals surface area (Å²) in [6.45, 7) is 3.95. The Bertz CT molecular complexity index is 421. The average Bonchev–Trinajstić information content (AvgIpc) is 2.71. The van der Waals surface area contributed by atoms with Gasteiger partial charge in [-0.25, -0.2) is 4.39 Å². The van der Waals surface area contributed by atoms with Crippen molar-refractivity contribution in [3.63, 3.8) is 0 Å². The summed E-state index contributed by atoms with van der Waals surface area (Å²) < 4.78 is 13.3. The summed E-state index contributed by atoms with van der Waals surface area (Å²) in [4.78, 5) is 0. The van der Waals surface area contributed by atoms with Crippen molar-refractivity contribution in [1.29, 1.82) is 0 Å². The van der Waals surface area contributed by atoms with Crippen LogP contribution in [0.1, 0.15) is 42.0 Å². The van der Waals surface area contributed by atoms with E-state index in [-0.39, 0.29) is 11.9 Å². The van der Waals surface area contributed by atoms with Gasteiger partial charge in [-0.15, -0.1) is 0 Å². The van der Waals surface area contributed by atoms with Crippen LogP contribution in [0, 0.1) is 37.4 Å². The SMILES string of the molecule is Cc1cc(F)cc(C)c1C(N)C1C2CCCC21. The molecule has 0 spiro atoms. The molecular formula is C15H20FN. The van der Waals surface area contributed by atoms with Gasteiger partial charge in [0.15, 0.2) is 0 Å². The Labute approximate surface area is 102 Å². The van der Waals surface area contributed by atoms with Crippen LogP contribution in [0.25, 0.3) is 0 Å². The first-order valence-corrected chi connectivity index (χ1v) is 6.62. The number of hydrogen-bond acceptors (Lipinski definition) is 1. The van der Waals surface area contributed by atoms with Crippen LogP contribution in [0.3, 0.4) is 0 Å². The lowest BCUT2D eigenvalue weighted by atomic mass is 9.91. The predicted molar refractivity (Wildman–Crippen MR) is 67.1 cm³/mol. The summed E-state index contributed by atoms with van der Waals surface area (Å²) >= 11 is 0. The minimum Gasteiger partial charge on any atom is -0.324 e. The first-order chi connectivity index (χ1) is 8.09. The van der Waals surface area contributed by atoms with Crippen molar-refractivity contribution in [2.45, 2.75) is 39.2 Å². The zero-order valence-electron chi connectivity index (χ0n) is 10.5. The fraction of sp³-hybridized carbons (Fsp3) is 0.600. The molecule has 1 aromatic rings. The Morgan fingerprint density at radius 2 is 1.71 bits per heavy atom. The molecule has 2 heteroatoms. The number of fused-ring (bicyclic) bond motifs is 1. The fourth-order valence-electron chi connectivity index (χ4n) is 4.05. The second-order valence-corrected chi connectivity index (χ2v) is 5.82. The predicted octanol–water partition coefficient (Wildman–Crippen LogP) is 3.49. The van der Waals surface area contributed by atoms with E-state index in [2.05, 4.69) is 0 Å². The Morgan fingerprint density at radius 3 is 2.24 bits per heavy atom. The van der Waals surface area contributed by atoms with E-state index in [0.717, 1.165) is 23.0 Å². The summed E-state index contributed by atoms with van der Waals surface area (Å²) in [7, 11) is 0. The summed E-state index contributed by atoms with van der Waals surface area (Å²) in [5.74, 6) is 2.22. The maximum atomic E-state index is 13.3. The molecule has 92 valence electrons. The summed E-state index contributed by atoms with van der Waals surface area (Å²) in [6.07, 6.45) is 4.07. The van der Waals surface area contributed by atoms with Gasteiger partial charge in [0.25, 0.3) is 0 Å². The van der Waals surface area contributed by atoms with Crippen LogP contribution in [-0.2, 0) is 0 Å². The van der Waals surface area contributed by atoms with Crippen molar-refractivity contribution < 1.29 is 4.39 Å². The molecular weight excluding hydrogens is 213 g/mol. The molecule has 2 aliphatic carbocycles. The number of rotatable bonds is 2. The highest BCUT2D eigenvalue weighted by Crippen LogP contribution is 2.61. The second kappa shape index (κ2) is 3.81. The van der Waals surface area contributed by atoms with Crippen LogP contribution in [0.4, 0.5) is 4.39 Å². The lowest BCUT2D eigenvalue weighted by Crippen LogP contribution is -2.18. The normalized spacial score (nSPS) is 32.4. The highest BCUT2D eigenvalue weighted by molar-refractivity contribution is 5.38. The Morgan fingerprint density at radius 1 is 1.18 bits per heavy atom. The second-order valence-electron chi connectivity index (χ2n) is 5.82. The number of nitrogens with two attached hydrogens (primary N) is 1. The van der Waals surface area contributed by atoms with Crippen molar-refractivity contribution >= 4 is 0 Å². The third-order valence-corrected chi connectivity index (χ3v) is 4.78. The van der Waals surface area contributed by atoms with Crippen LogP contribution in [0.5, 0.6) is 0 Å². The van der Waals surface area contributed by atoms with Crippen molar-refractivity contribution in [3.8, 4) is 0 Å². The van der Waals surface area contributed by atoms with Crippen LogP contribution >= 0.6 is 0 Å². The van der Waals surface area contributed by atoms with Crippen LogP contribution < -0.4 is 5.73 Å². The molecule has 2 saturated carbocycles. The number of aryl methyl sites for hydroxylation is 2. The summed E-state index contributed by atoms with van der Waals surface area (Å²) in [5.41, 5.74) is 9.63. The van der Waals surface area contributed by atoms with E-state index in [1.165, 1.54) is 24.8 Å². The molecule has 2 fully saturated rings. The minimum atomic E-state index is -0.146. The number of benzene rings is 1. The van der Waals surface area contributed by atoms with E-state index in [1.807, 2.05) is 13.8 Å². The van der Waals surface area contributed by atoms with Crippen molar-refractivity contribution in [2.24, 2.45) is 23.5 Å². The molecule has 0 amide bonds. The van der Waals surface area contributed by atoms with E-state index < -0.39 is 0 Å². The van der Waals surface area contributed by atoms with Gasteiger partial charge in [-0.2, -0.15) is 0 Å². The largest absolute Gasteiger partial charge is 0.324 e. The fourth-order valence-corrected chi connectivity index (χ4v) is 4.05. The van der Waals surface area contributed by atoms with Crippen molar-refractivity contribution in [3.05, 3.63) is 34.6 Å². The zero-order chi connectivity index (χ0) is 12.2. The van der Waals surface area contributed by atoms with Gasteiger partial charge in [0.1, 0.15) is 5.82 Å². The zero-order valence-corrected chi connectivity index (χ0v) is 10.5. The highest BCUT2D eigenvalue weighted by atomic mass is 19.1. The van der Waals surface area contributed by atoms with Crippen LogP contribution in [0.15, 0.2) is 12.1 Å². The molecule has 2 aliphatic rings. The summed E-state index contributed by atoms with van der Waals surface area (Å²) in [6, 6.07) is 3.34. The molecule has 0 bridgehead atoms. The number of hydrogen-bond donors (Lipinski definition) is 1. The van der Waals surface area contributed by atoms with Gasteiger partial charge in [-0.05, 0) is 73.3 Å². The maximum Gasteiger partial charge on any atom is 0.123 e. The topological polar surface area (TPSA) is 26.0 Å². The third kappa shape index (κ3) is 1.70. The van der Waals surface area contributed by atoms with E-state index in [9.17, 15) is 4.39 Å². The molecule has 0 heterocycles. The molecule has 0 aromatic heterocycles. The summed E-state index contributed by atoms with van der Waals surface area (Å²) in [5, 5.41) is 0. The minimum absolute atomic E-state index is 0.117. The van der Waals surface area contributed by atoms with Crippen molar-refractivity contribution in [1.82, 2.24) is 0 Å². The van der Waals surface area contributed by atoms with Crippen LogP contribution in [-0.4, -0.2) is 0 Å². The van der Waals surface area contributed by atoms with Gasteiger partial charge >= 0.3 is 0 Å². The molecule has 3 rings (SSSR count). The van der Waals surface area contributed by atoms with E-state index in [0.29, 0.717) is 5.92 Å². The van der Waals surface area contributed by atoms with Crippen LogP contribution in [0.2, 0.25) is 0 Å². The molecule has 2 N–H and O–H groups in total. The first-order valence-electron chi connectivity index (χ1n) is 6.62. The van der Waals surface area contributed by atoms with Gasteiger partial charge < -0.3 is 5.73 Å².